The topological polar surface area (TPSA) is 129 Å². The molecule has 0 unspecified atom stereocenters. The normalized spacial score (nSPS) is 11.6. The molecular weight excluding hydrogens is 244 g/mol. The van der Waals surface area contributed by atoms with Gasteiger partial charge in [-0.3, -0.25) is 9.59 Å². The van der Waals surface area contributed by atoms with Crippen LogP contribution >= 0.6 is 0 Å². The van der Waals surface area contributed by atoms with Crippen LogP contribution in [0.15, 0.2) is 22.8 Å². The lowest BCUT2D eigenvalue weighted by Crippen LogP contribution is -2.41. The molecule has 8 heteroatoms. The molecule has 1 aromatic rings. The van der Waals surface area contributed by atoms with Crippen LogP contribution in [0.25, 0.3) is 0 Å². The molecule has 4 N–H and O–H groups in total. The quantitative estimate of drug-likeness (QED) is 0.494. The van der Waals surface area contributed by atoms with Gasteiger partial charge in [0.1, 0.15) is 0 Å². The molecule has 0 aliphatic rings. The zero-order chi connectivity index (χ0) is 13.5. The van der Waals surface area contributed by atoms with E-state index in [1.54, 1.807) is 0 Å². The van der Waals surface area contributed by atoms with Crippen LogP contribution in [0.1, 0.15) is 10.6 Å². The number of carboxylic acids is 1. The first-order valence-corrected chi connectivity index (χ1v) is 5.00. The average molecular weight is 256 g/mol. The summed E-state index contributed by atoms with van der Waals surface area (Å²) in [5, 5.41) is 21.7. The van der Waals surface area contributed by atoms with Gasteiger partial charge in [-0.25, -0.2) is 4.79 Å². The number of carbonyl (C=O) groups excluding carboxylic acids is 2. The first-order chi connectivity index (χ1) is 8.50. The van der Waals surface area contributed by atoms with Gasteiger partial charge < -0.3 is 25.3 Å². The van der Waals surface area contributed by atoms with Crippen LogP contribution in [0.4, 0.5) is 0 Å². The second kappa shape index (κ2) is 6.40. The molecule has 0 bridgehead atoms. The highest BCUT2D eigenvalue weighted by Gasteiger charge is 2.15. The lowest BCUT2D eigenvalue weighted by atomic mass is 10.3. The van der Waals surface area contributed by atoms with E-state index >= 15 is 0 Å². The van der Waals surface area contributed by atoms with Gasteiger partial charge in [0, 0.05) is 0 Å². The summed E-state index contributed by atoms with van der Waals surface area (Å²) in [5.41, 5.74) is 0. The molecule has 2 amide bonds. The van der Waals surface area contributed by atoms with Crippen molar-refractivity contribution in [3.8, 4) is 0 Å². The van der Waals surface area contributed by atoms with E-state index in [0.29, 0.717) is 0 Å². The molecule has 98 valence electrons. The molecule has 0 aromatic carbocycles. The average Bonchev–Trinajstić information content (AvgIpc) is 2.86. The van der Waals surface area contributed by atoms with Crippen molar-refractivity contribution < 1.29 is 29.0 Å². The third-order valence-corrected chi connectivity index (χ3v) is 1.93. The van der Waals surface area contributed by atoms with Crippen molar-refractivity contribution in [1.29, 1.82) is 0 Å². The van der Waals surface area contributed by atoms with Gasteiger partial charge in [-0.1, -0.05) is 0 Å². The van der Waals surface area contributed by atoms with Crippen LogP contribution in [-0.4, -0.2) is 47.2 Å². The Hall–Kier alpha value is -2.35. The highest BCUT2D eigenvalue weighted by Crippen LogP contribution is 1.98. The number of aliphatic hydroxyl groups excluding tert-OH is 1. The second-order valence-electron chi connectivity index (χ2n) is 3.32. The van der Waals surface area contributed by atoms with Crippen molar-refractivity contribution in [2.24, 2.45) is 0 Å². The Morgan fingerprint density at radius 2 is 2.06 bits per heavy atom. The van der Waals surface area contributed by atoms with Crippen LogP contribution in [0.5, 0.6) is 0 Å². The number of aliphatic hydroxyl groups is 1. The number of nitrogens with one attached hydrogen (secondary N) is 2. The molecule has 0 fully saturated rings. The van der Waals surface area contributed by atoms with Gasteiger partial charge in [0.05, 0.1) is 19.4 Å². The first-order valence-electron chi connectivity index (χ1n) is 5.00. The van der Waals surface area contributed by atoms with Crippen LogP contribution < -0.4 is 10.6 Å². The number of hydrogen-bond acceptors (Lipinski definition) is 5. The molecule has 0 saturated carbocycles. The number of aliphatic carboxylic acids is 1. The van der Waals surface area contributed by atoms with Crippen molar-refractivity contribution in [2.75, 3.05) is 13.1 Å². The monoisotopic (exact) mass is 256 g/mol. The largest absolute Gasteiger partial charge is 0.479 e. The fourth-order valence-electron chi connectivity index (χ4n) is 1.02. The predicted octanol–water partition coefficient (Wildman–Crippen LogP) is -1.43. The Kier molecular flexibility index (Phi) is 4.88. The molecule has 1 aromatic heterocycles. The van der Waals surface area contributed by atoms with Gasteiger partial charge in [0.15, 0.2) is 11.9 Å². The van der Waals surface area contributed by atoms with Gasteiger partial charge >= 0.3 is 5.97 Å². The molecule has 1 heterocycles. The standard InChI is InChI=1S/C10H12N2O6/c13-6(10(16)17)4-11-8(14)5-12-9(15)7-2-1-3-18-7/h1-3,6,13H,4-5H2,(H,11,14)(H,12,15)(H,16,17)/t6-/m0/s1. The SMILES string of the molecule is O=C(CNC(=O)c1ccco1)NC[C@H](O)C(=O)O. The minimum Gasteiger partial charge on any atom is -0.479 e. The fourth-order valence-corrected chi connectivity index (χ4v) is 1.02. The zero-order valence-electron chi connectivity index (χ0n) is 9.25. The molecule has 18 heavy (non-hydrogen) atoms. The first kappa shape index (κ1) is 13.7. The van der Waals surface area contributed by atoms with E-state index in [1.807, 2.05) is 0 Å². The molecule has 1 atom stereocenters. The minimum absolute atomic E-state index is 0.0633. The Morgan fingerprint density at radius 1 is 1.33 bits per heavy atom. The molecule has 0 aliphatic carbocycles. The summed E-state index contributed by atoms with van der Waals surface area (Å²) < 4.78 is 4.80. The van der Waals surface area contributed by atoms with E-state index in [1.165, 1.54) is 18.4 Å². The number of rotatable bonds is 6. The molecule has 1 rings (SSSR count). The Bertz CT molecular complexity index is 428. The van der Waals surface area contributed by atoms with Crippen LogP contribution in [0.3, 0.4) is 0 Å². The summed E-state index contributed by atoms with van der Waals surface area (Å²) in [7, 11) is 0. The number of amides is 2. The van der Waals surface area contributed by atoms with Crippen LogP contribution in [-0.2, 0) is 9.59 Å². The molecule has 0 aliphatic heterocycles. The summed E-state index contributed by atoms with van der Waals surface area (Å²) in [6, 6.07) is 2.96. The lowest BCUT2D eigenvalue weighted by Gasteiger charge is -2.08. The van der Waals surface area contributed by atoms with Crippen molar-refractivity contribution in [3.63, 3.8) is 0 Å². The minimum atomic E-state index is -1.67. The van der Waals surface area contributed by atoms with Crippen LogP contribution in [0, 0.1) is 0 Å². The zero-order valence-corrected chi connectivity index (χ0v) is 9.25. The molecule has 0 spiro atoms. The maximum absolute atomic E-state index is 11.3. The Morgan fingerprint density at radius 3 is 2.61 bits per heavy atom. The van der Waals surface area contributed by atoms with E-state index in [2.05, 4.69) is 10.6 Å². The van der Waals surface area contributed by atoms with Gasteiger partial charge in [-0.15, -0.1) is 0 Å². The molecule has 0 radical (unpaired) electrons. The summed E-state index contributed by atoms with van der Waals surface area (Å²) in [6.07, 6.45) is -0.354. The number of carboxylic acid groups (broad SMARTS) is 1. The van der Waals surface area contributed by atoms with Crippen LogP contribution in [0.2, 0.25) is 0 Å². The summed E-state index contributed by atoms with van der Waals surface area (Å²) in [5.74, 6) is -2.55. The van der Waals surface area contributed by atoms with E-state index < -0.39 is 30.4 Å². The fraction of sp³-hybridized carbons (Fsp3) is 0.300. The Labute approximate surface area is 102 Å². The van der Waals surface area contributed by atoms with Crippen molar-refractivity contribution >= 4 is 17.8 Å². The Balaban J connectivity index is 2.25. The van der Waals surface area contributed by atoms with E-state index in [9.17, 15) is 14.4 Å². The van der Waals surface area contributed by atoms with Gasteiger partial charge in [-0.05, 0) is 12.1 Å². The van der Waals surface area contributed by atoms with Gasteiger partial charge in [0.25, 0.3) is 5.91 Å². The van der Waals surface area contributed by atoms with Crippen molar-refractivity contribution in [1.82, 2.24) is 10.6 Å². The smallest absolute Gasteiger partial charge is 0.334 e. The molecule has 0 saturated heterocycles. The second-order valence-corrected chi connectivity index (χ2v) is 3.32. The van der Waals surface area contributed by atoms with Gasteiger partial charge in [0.2, 0.25) is 5.91 Å². The maximum Gasteiger partial charge on any atom is 0.334 e. The third kappa shape index (κ3) is 4.26. The molecular formula is C10H12N2O6. The maximum atomic E-state index is 11.3. The summed E-state index contributed by atoms with van der Waals surface area (Å²) >= 11 is 0. The number of carbonyl (C=O) groups is 3. The van der Waals surface area contributed by atoms with E-state index in [0.717, 1.165) is 0 Å². The van der Waals surface area contributed by atoms with Gasteiger partial charge in [-0.2, -0.15) is 0 Å². The van der Waals surface area contributed by atoms with Crippen molar-refractivity contribution in [3.05, 3.63) is 24.2 Å². The third-order valence-electron chi connectivity index (χ3n) is 1.93. The number of furan rings is 1. The number of hydrogen-bond donors (Lipinski definition) is 4. The highest BCUT2D eigenvalue weighted by atomic mass is 16.4. The molecule has 8 nitrogen and oxygen atoms in total. The van der Waals surface area contributed by atoms with E-state index in [-0.39, 0.29) is 12.3 Å². The lowest BCUT2D eigenvalue weighted by molar-refractivity contribution is -0.146. The summed E-state index contributed by atoms with van der Waals surface area (Å²) in [4.78, 5) is 32.8. The van der Waals surface area contributed by atoms with Crippen molar-refractivity contribution in [2.45, 2.75) is 6.10 Å². The highest BCUT2D eigenvalue weighted by molar-refractivity contribution is 5.94. The summed E-state index contributed by atoms with van der Waals surface area (Å²) in [6.45, 7) is -0.767. The van der Waals surface area contributed by atoms with E-state index in [4.69, 9.17) is 14.6 Å². The predicted molar refractivity (Wildman–Crippen MR) is 57.7 cm³/mol.